The molecular weight excluding hydrogens is 258 g/mol. The molecule has 2 rings (SSSR count). The number of hydrogen-bond donors (Lipinski definition) is 2. The summed E-state index contributed by atoms with van der Waals surface area (Å²) < 4.78 is 0. The van der Waals surface area contributed by atoms with Gasteiger partial charge in [-0.1, -0.05) is 19.3 Å². The second-order valence-electron chi connectivity index (χ2n) is 5.30. The summed E-state index contributed by atoms with van der Waals surface area (Å²) in [6, 6.07) is 1.72. The Morgan fingerprint density at radius 1 is 1.30 bits per heavy atom. The van der Waals surface area contributed by atoms with E-state index in [1.807, 2.05) is 0 Å². The number of nitrogens with zero attached hydrogens (tertiary/aromatic N) is 2. The second-order valence-corrected chi connectivity index (χ2v) is 5.30. The molecule has 6 heteroatoms. The molecule has 2 N–H and O–H groups in total. The highest BCUT2D eigenvalue weighted by Crippen LogP contribution is 2.39. The van der Waals surface area contributed by atoms with Gasteiger partial charge in [-0.15, -0.1) is 0 Å². The summed E-state index contributed by atoms with van der Waals surface area (Å²) in [5.41, 5.74) is -0.171. The molecule has 0 unspecified atom stereocenters. The molecule has 0 spiro atoms. The van der Waals surface area contributed by atoms with Crippen LogP contribution in [0.2, 0.25) is 0 Å². The van der Waals surface area contributed by atoms with E-state index in [1.165, 1.54) is 6.33 Å². The lowest BCUT2D eigenvalue weighted by Gasteiger charge is -2.32. The standard InChI is InChI=1S/C14H19N3O3/c18-12(16-9-11-4-7-15-10-17-11)8-14(13(19)20)5-2-1-3-6-14/h4,7,10H,1-3,5-6,8-9H2,(H,16,18)(H,19,20). The van der Waals surface area contributed by atoms with Gasteiger partial charge in [0.1, 0.15) is 6.33 Å². The van der Waals surface area contributed by atoms with Crippen molar-refractivity contribution >= 4 is 11.9 Å². The van der Waals surface area contributed by atoms with E-state index in [1.54, 1.807) is 12.3 Å². The van der Waals surface area contributed by atoms with E-state index in [9.17, 15) is 14.7 Å². The lowest BCUT2D eigenvalue weighted by molar-refractivity contribution is -0.154. The van der Waals surface area contributed by atoms with Gasteiger partial charge in [-0.05, 0) is 18.9 Å². The van der Waals surface area contributed by atoms with Crippen molar-refractivity contribution in [3.05, 3.63) is 24.3 Å². The normalized spacial score (nSPS) is 17.4. The van der Waals surface area contributed by atoms with Crippen LogP contribution in [0.15, 0.2) is 18.6 Å². The van der Waals surface area contributed by atoms with Gasteiger partial charge in [0.2, 0.25) is 5.91 Å². The van der Waals surface area contributed by atoms with Crippen molar-refractivity contribution < 1.29 is 14.7 Å². The molecule has 1 saturated carbocycles. The average molecular weight is 277 g/mol. The zero-order valence-corrected chi connectivity index (χ0v) is 11.3. The maximum atomic E-state index is 12.0. The van der Waals surface area contributed by atoms with Gasteiger partial charge in [0.15, 0.2) is 0 Å². The summed E-state index contributed by atoms with van der Waals surface area (Å²) in [5.74, 6) is -1.08. The Kier molecular flexibility index (Phi) is 4.65. The van der Waals surface area contributed by atoms with Gasteiger partial charge in [-0.2, -0.15) is 0 Å². The summed E-state index contributed by atoms with van der Waals surface area (Å²) >= 11 is 0. The molecule has 1 aliphatic rings. The average Bonchev–Trinajstić information content (AvgIpc) is 2.47. The van der Waals surface area contributed by atoms with Crippen molar-refractivity contribution in [3.8, 4) is 0 Å². The highest BCUT2D eigenvalue weighted by atomic mass is 16.4. The van der Waals surface area contributed by atoms with E-state index in [4.69, 9.17) is 0 Å². The lowest BCUT2D eigenvalue weighted by Crippen LogP contribution is -2.39. The van der Waals surface area contributed by atoms with E-state index in [-0.39, 0.29) is 12.3 Å². The molecule has 0 atom stereocenters. The number of amides is 1. The van der Waals surface area contributed by atoms with Crippen LogP contribution in [0.4, 0.5) is 0 Å². The van der Waals surface area contributed by atoms with Crippen LogP contribution < -0.4 is 5.32 Å². The van der Waals surface area contributed by atoms with Gasteiger partial charge in [-0.3, -0.25) is 9.59 Å². The first-order valence-electron chi connectivity index (χ1n) is 6.87. The fraction of sp³-hybridized carbons (Fsp3) is 0.571. The van der Waals surface area contributed by atoms with Crippen molar-refractivity contribution in [2.75, 3.05) is 0 Å². The molecule has 1 aromatic rings. The monoisotopic (exact) mass is 277 g/mol. The van der Waals surface area contributed by atoms with Crippen molar-refractivity contribution in [2.24, 2.45) is 5.41 Å². The van der Waals surface area contributed by atoms with Crippen molar-refractivity contribution in [1.29, 1.82) is 0 Å². The molecule has 0 aromatic carbocycles. The number of aliphatic carboxylic acids is 1. The smallest absolute Gasteiger partial charge is 0.310 e. The van der Waals surface area contributed by atoms with E-state index < -0.39 is 11.4 Å². The minimum Gasteiger partial charge on any atom is -0.481 e. The number of carbonyl (C=O) groups is 2. The van der Waals surface area contributed by atoms with Crippen molar-refractivity contribution in [2.45, 2.75) is 45.1 Å². The Morgan fingerprint density at radius 2 is 2.05 bits per heavy atom. The molecule has 1 fully saturated rings. The molecule has 1 aliphatic carbocycles. The molecule has 0 aliphatic heterocycles. The summed E-state index contributed by atoms with van der Waals surface area (Å²) in [4.78, 5) is 31.3. The maximum absolute atomic E-state index is 12.0. The number of carboxylic acids is 1. The number of carbonyl (C=O) groups excluding carboxylic acids is 1. The van der Waals surface area contributed by atoms with Crippen LogP contribution in [0.1, 0.15) is 44.2 Å². The Balaban J connectivity index is 1.90. The zero-order chi connectivity index (χ0) is 14.4. The Bertz CT molecular complexity index is 470. The first kappa shape index (κ1) is 14.4. The molecule has 20 heavy (non-hydrogen) atoms. The van der Waals surface area contributed by atoms with Gasteiger partial charge >= 0.3 is 5.97 Å². The molecule has 0 radical (unpaired) electrons. The molecule has 1 heterocycles. The predicted octanol–water partition coefficient (Wildman–Crippen LogP) is 1.52. The minimum absolute atomic E-state index is 0.0490. The fourth-order valence-corrected chi connectivity index (χ4v) is 2.68. The van der Waals surface area contributed by atoms with Crippen LogP contribution in [0, 0.1) is 5.41 Å². The van der Waals surface area contributed by atoms with E-state index in [2.05, 4.69) is 15.3 Å². The third-order valence-corrected chi connectivity index (χ3v) is 3.87. The number of nitrogens with one attached hydrogen (secondary N) is 1. The quantitative estimate of drug-likeness (QED) is 0.851. The molecule has 0 saturated heterocycles. The molecule has 1 amide bonds. The van der Waals surface area contributed by atoms with Gasteiger partial charge in [-0.25, -0.2) is 9.97 Å². The van der Waals surface area contributed by atoms with Crippen LogP contribution in [-0.2, 0) is 16.1 Å². The van der Waals surface area contributed by atoms with Crippen LogP contribution in [0.25, 0.3) is 0 Å². The zero-order valence-electron chi connectivity index (χ0n) is 11.3. The number of aromatic nitrogens is 2. The predicted molar refractivity (Wildman–Crippen MR) is 71.6 cm³/mol. The second kappa shape index (κ2) is 6.45. The van der Waals surface area contributed by atoms with Gasteiger partial charge in [0, 0.05) is 12.6 Å². The van der Waals surface area contributed by atoms with Crippen LogP contribution in [0.5, 0.6) is 0 Å². The number of rotatable bonds is 5. The third kappa shape index (κ3) is 3.53. The maximum Gasteiger partial charge on any atom is 0.310 e. The van der Waals surface area contributed by atoms with E-state index in [0.717, 1.165) is 19.3 Å². The molecule has 1 aromatic heterocycles. The fourth-order valence-electron chi connectivity index (χ4n) is 2.68. The highest BCUT2D eigenvalue weighted by molar-refractivity contribution is 5.85. The van der Waals surface area contributed by atoms with E-state index >= 15 is 0 Å². The largest absolute Gasteiger partial charge is 0.481 e. The van der Waals surface area contributed by atoms with Gasteiger partial charge in [0.25, 0.3) is 0 Å². The van der Waals surface area contributed by atoms with Crippen molar-refractivity contribution in [1.82, 2.24) is 15.3 Å². The third-order valence-electron chi connectivity index (χ3n) is 3.87. The number of carboxylic acid groups (broad SMARTS) is 1. The molecule has 6 nitrogen and oxygen atoms in total. The summed E-state index contributed by atoms with van der Waals surface area (Å²) in [6.07, 6.45) is 7.06. The Morgan fingerprint density at radius 3 is 2.65 bits per heavy atom. The first-order valence-corrected chi connectivity index (χ1v) is 6.87. The summed E-state index contributed by atoms with van der Waals surface area (Å²) in [7, 11) is 0. The van der Waals surface area contributed by atoms with Crippen LogP contribution >= 0.6 is 0 Å². The first-order chi connectivity index (χ1) is 9.62. The van der Waals surface area contributed by atoms with Crippen molar-refractivity contribution in [3.63, 3.8) is 0 Å². The molecule has 0 bridgehead atoms. The lowest BCUT2D eigenvalue weighted by atomic mass is 9.71. The van der Waals surface area contributed by atoms with Gasteiger partial charge in [0.05, 0.1) is 17.7 Å². The Labute approximate surface area is 117 Å². The van der Waals surface area contributed by atoms with Crippen LogP contribution in [-0.4, -0.2) is 27.0 Å². The summed E-state index contributed by atoms with van der Waals surface area (Å²) in [6.45, 7) is 0.303. The van der Waals surface area contributed by atoms with Gasteiger partial charge < -0.3 is 10.4 Å². The molecule has 108 valence electrons. The SMILES string of the molecule is O=C(CC1(C(=O)O)CCCCC1)NCc1ccncn1. The number of hydrogen-bond acceptors (Lipinski definition) is 4. The molecular formula is C14H19N3O3. The Hall–Kier alpha value is -1.98. The van der Waals surface area contributed by atoms with Crippen LogP contribution in [0.3, 0.4) is 0 Å². The minimum atomic E-state index is -0.881. The topological polar surface area (TPSA) is 92.2 Å². The summed E-state index contributed by atoms with van der Waals surface area (Å²) in [5, 5.41) is 12.2. The highest BCUT2D eigenvalue weighted by Gasteiger charge is 2.41. The van der Waals surface area contributed by atoms with E-state index in [0.29, 0.717) is 25.1 Å².